The molecule has 0 aromatic rings. The van der Waals surface area contributed by atoms with Crippen LogP contribution in [0.5, 0.6) is 0 Å². The molecule has 4 N–H and O–H groups in total. The number of ether oxygens (including phenoxy) is 3. The number of likely N-dealkylation sites (N-methyl/N-ethyl adjacent to an activating group) is 1. The topological polar surface area (TPSA) is 223 Å². The maximum Gasteiger partial charge on any atom is 0.410 e. The van der Waals surface area contributed by atoms with Crippen LogP contribution in [0, 0.1) is 28.6 Å². The summed E-state index contributed by atoms with van der Waals surface area (Å²) >= 11 is 0. The van der Waals surface area contributed by atoms with E-state index in [4.69, 9.17) is 14.6 Å². The number of aliphatic hydroxyl groups is 2. The lowest BCUT2D eigenvalue weighted by molar-refractivity contribution is -0.220. The van der Waals surface area contributed by atoms with Crippen molar-refractivity contribution in [3.8, 4) is 0 Å². The predicted molar refractivity (Wildman–Crippen MR) is 164 cm³/mol. The number of allylic oxidation sites excluding steroid dienone is 4. The molecule has 8 atom stereocenters. The van der Waals surface area contributed by atoms with Gasteiger partial charge in [-0.1, -0.05) is 25.5 Å². The molecular formula is C33H43FN2O13. The molecule has 15 nitrogen and oxygen atoms in total. The van der Waals surface area contributed by atoms with E-state index >= 15 is 4.39 Å². The average molecular weight is 695 g/mol. The minimum atomic E-state index is -2.14. The maximum absolute atomic E-state index is 17.3. The van der Waals surface area contributed by atoms with Crippen molar-refractivity contribution >= 4 is 41.5 Å². The van der Waals surface area contributed by atoms with Crippen molar-refractivity contribution in [2.45, 2.75) is 76.7 Å². The molecule has 4 aliphatic rings. The summed E-state index contributed by atoms with van der Waals surface area (Å²) in [5, 5.41) is 34.2. The van der Waals surface area contributed by atoms with Crippen molar-refractivity contribution < 1.29 is 67.5 Å². The molecule has 0 aromatic heterocycles. The number of hydrogen-bond acceptors (Lipinski definition) is 12. The Labute approximate surface area is 281 Å². The number of carbonyl (C=O) groups is 7. The largest absolute Gasteiger partial charge is 0.480 e. The number of amides is 2. The smallest absolute Gasteiger partial charge is 0.410 e. The summed E-state index contributed by atoms with van der Waals surface area (Å²) in [7, 11) is 1.22. The molecule has 2 unspecified atom stereocenters. The Balaban J connectivity index is 1.27. The van der Waals surface area contributed by atoms with E-state index in [1.54, 1.807) is 20.8 Å². The Bertz CT molecular complexity index is 1480. The third-order valence-electron chi connectivity index (χ3n) is 11.1. The van der Waals surface area contributed by atoms with Gasteiger partial charge in [0.1, 0.15) is 18.7 Å². The van der Waals surface area contributed by atoms with Gasteiger partial charge in [0, 0.05) is 23.8 Å². The lowest BCUT2D eigenvalue weighted by atomic mass is 9.44. The van der Waals surface area contributed by atoms with Crippen LogP contribution in [0.4, 0.5) is 9.18 Å². The van der Waals surface area contributed by atoms with E-state index in [0.717, 1.165) is 4.90 Å². The average Bonchev–Trinajstić information content (AvgIpc) is 3.23. The number of ketones is 2. The zero-order valence-electron chi connectivity index (χ0n) is 27.9. The molecule has 0 saturated heterocycles. The Morgan fingerprint density at radius 1 is 1.06 bits per heavy atom. The molecule has 3 saturated carbocycles. The molecule has 2 amide bonds. The first kappa shape index (κ1) is 37.6. The lowest BCUT2D eigenvalue weighted by Gasteiger charge is -2.62. The fourth-order valence-corrected chi connectivity index (χ4v) is 8.52. The fourth-order valence-electron chi connectivity index (χ4n) is 8.52. The number of nitrogens with one attached hydrogen (secondary N) is 1. The molecule has 0 heterocycles. The molecule has 4 rings (SSSR count). The Kier molecular flexibility index (Phi) is 10.7. The Morgan fingerprint density at radius 2 is 1.71 bits per heavy atom. The lowest BCUT2D eigenvalue weighted by Crippen LogP contribution is -2.69. The van der Waals surface area contributed by atoms with Crippen LogP contribution in [0.15, 0.2) is 23.8 Å². The van der Waals surface area contributed by atoms with Gasteiger partial charge < -0.3 is 39.7 Å². The van der Waals surface area contributed by atoms with E-state index in [-0.39, 0.29) is 18.6 Å². The van der Waals surface area contributed by atoms with E-state index in [0.29, 0.717) is 18.4 Å². The molecule has 49 heavy (non-hydrogen) atoms. The quantitative estimate of drug-likeness (QED) is 0.166. The normalized spacial score (nSPS) is 34.3. The van der Waals surface area contributed by atoms with Crippen molar-refractivity contribution in [1.82, 2.24) is 10.2 Å². The summed E-state index contributed by atoms with van der Waals surface area (Å²) in [6, 6.07) is 0. The first-order chi connectivity index (χ1) is 22.8. The molecule has 3 fully saturated rings. The number of carbonyl (C=O) groups excluding carboxylic acids is 6. The molecule has 0 aliphatic heterocycles. The highest BCUT2D eigenvalue weighted by molar-refractivity contribution is 6.01. The number of carboxylic acids is 1. The third-order valence-corrected chi connectivity index (χ3v) is 11.1. The second-order valence-corrected chi connectivity index (χ2v) is 13.8. The second-order valence-electron chi connectivity index (χ2n) is 13.8. The van der Waals surface area contributed by atoms with E-state index in [9.17, 15) is 43.8 Å². The van der Waals surface area contributed by atoms with Gasteiger partial charge in [-0.05, 0) is 56.6 Å². The van der Waals surface area contributed by atoms with Gasteiger partial charge in [0.2, 0.25) is 18.5 Å². The van der Waals surface area contributed by atoms with Crippen LogP contribution in [-0.2, 0) is 43.0 Å². The van der Waals surface area contributed by atoms with Crippen LogP contribution in [-0.4, -0.2) is 113 Å². The SMILES string of the molecule is C[C@@H]1CC2C3CCC4=CC(=O)C=C[C@]4(C)[C@@]3(F)[C@@H](O)C[C@]2(C)[C@@]1(O)C(=O)COC(=O)CCC(=O)OCOC(=O)NCC(=O)N(C)CC(=O)O. The number of aliphatic hydroxyl groups excluding tert-OH is 1. The van der Waals surface area contributed by atoms with Gasteiger partial charge in [-0.15, -0.1) is 0 Å². The molecule has 16 heteroatoms. The number of carboxylic acid groups (broad SMARTS) is 1. The fraction of sp³-hybridized carbons (Fsp3) is 0.667. The number of alkyl carbamates (subject to hydrolysis) is 1. The number of fused-ring (bicyclic) bond motifs is 5. The number of alkyl halides is 1. The number of halogens is 1. The van der Waals surface area contributed by atoms with Crippen molar-refractivity contribution in [2.24, 2.45) is 28.6 Å². The van der Waals surface area contributed by atoms with E-state index in [1.807, 2.05) is 0 Å². The van der Waals surface area contributed by atoms with Gasteiger partial charge in [-0.2, -0.15) is 0 Å². The summed E-state index contributed by atoms with van der Waals surface area (Å²) < 4.78 is 31.7. The minimum Gasteiger partial charge on any atom is -0.480 e. The molecule has 4 aliphatic carbocycles. The third kappa shape index (κ3) is 6.72. The van der Waals surface area contributed by atoms with Gasteiger partial charge in [0.25, 0.3) is 0 Å². The van der Waals surface area contributed by atoms with Crippen LogP contribution in [0.25, 0.3) is 0 Å². The van der Waals surface area contributed by atoms with Crippen molar-refractivity contribution in [3.05, 3.63) is 23.8 Å². The Hall–Kier alpha value is -4.18. The number of aliphatic carboxylic acids is 1. The molecule has 0 spiro atoms. The summed E-state index contributed by atoms with van der Waals surface area (Å²) in [4.78, 5) is 84.9. The van der Waals surface area contributed by atoms with Crippen LogP contribution in [0.3, 0.4) is 0 Å². The number of esters is 2. The Morgan fingerprint density at radius 3 is 2.37 bits per heavy atom. The highest BCUT2D eigenvalue weighted by atomic mass is 19.1. The monoisotopic (exact) mass is 694 g/mol. The second kappa shape index (κ2) is 14.0. The summed E-state index contributed by atoms with van der Waals surface area (Å²) in [5.41, 5.74) is -6.06. The van der Waals surface area contributed by atoms with Crippen LogP contribution in [0.1, 0.15) is 59.3 Å². The van der Waals surface area contributed by atoms with Gasteiger partial charge in [-0.3, -0.25) is 28.8 Å². The zero-order valence-corrected chi connectivity index (χ0v) is 27.9. The van der Waals surface area contributed by atoms with Gasteiger partial charge in [0.05, 0.1) is 18.9 Å². The molecule has 0 bridgehead atoms. The minimum absolute atomic E-state index is 0.236. The highest BCUT2D eigenvalue weighted by Gasteiger charge is 2.75. The van der Waals surface area contributed by atoms with E-state index < -0.39 is 121 Å². The number of rotatable bonds is 12. The van der Waals surface area contributed by atoms with Gasteiger partial charge in [0.15, 0.2) is 18.1 Å². The van der Waals surface area contributed by atoms with Gasteiger partial charge >= 0.3 is 24.0 Å². The van der Waals surface area contributed by atoms with E-state index in [1.165, 1.54) is 25.3 Å². The first-order valence-electron chi connectivity index (χ1n) is 16.1. The molecule has 0 aromatic carbocycles. The summed E-state index contributed by atoms with van der Waals surface area (Å²) in [6.07, 6.45) is 1.37. The van der Waals surface area contributed by atoms with Crippen molar-refractivity contribution in [1.29, 1.82) is 0 Å². The standard InChI is InChI=1S/C33H43FN2O13/c1-18-11-22-21-6-5-19-12-20(37)9-10-30(19,2)32(21,34)23(38)13-31(22,3)33(18,46)24(39)16-47-27(43)7-8-28(44)48-17-49-29(45)35-14-25(40)36(4)15-26(41)42/h9-10,12,18,21-23,38,46H,5-8,11,13-17H2,1-4H3,(H,35,45)(H,41,42)/t18-,21?,22?,23+,30+,31+,32+,33+/m1/s1. The zero-order chi connectivity index (χ0) is 36.5. The number of hydrogen-bond donors (Lipinski definition) is 4. The number of Topliss-reactive ketones (excluding diaryl/α,β-unsaturated/α-hetero) is 1. The molecule has 0 radical (unpaired) electrons. The van der Waals surface area contributed by atoms with Crippen LogP contribution < -0.4 is 5.32 Å². The van der Waals surface area contributed by atoms with Gasteiger partial charge in [-0.25, -0.2) is 9.18 Å². The van der Waals surface area contributed by atoms with E-state index in [2.05, 4.69) is 10.1 Å². The van der Waals surface area contributed by atoms with Crippen LogP contribution >= 0.6 is 0 Å². The summed E-state index contributed by atoms with van der Waals surface area (Å²) in [5.74, 6) is -6.77. The van der Waals surface area contributed by atoms with Crippen molar-refractivity contribution in [2.75, 3.05) is 33.5 Å². The van der Waals surface area contributed by atoms with Crippen LogP contribution in [0.2, 0.25) is 0 Å². The first-order valence-corrected chi connectivity index (χ1v) is 16.1. The summed E-state index contributed by atoms with van der Waals surface area (Å²) in [6.45, 7) is 2.19. The predicted octanol–water partition coefficient (Wildman–Crippen LogP) is 0.997. The maximum atomic E-state index is 17.3. The molecular weight excluding hydrogens is 651 g/mol. The van der Waals surface area contributed by atoms with Crippen molar-refractivity contribution in [3.63, 3.8) is 0 Å². The highest BCUT2D eigenvalue weighted by Crippen LogP contribution is 2.70. The number of nitrogens with zero attached hydrogens (tertiary/aromatic N) is 1. The molecule has 270 valence electrons.